The highest BCUT2D eigenvalue weighted by atomic mass is 19.1. The molecule has 4 rings (SSSR count). The summed E-state index contributed by atoms with van der Waals surface area (Å²) in [5, 5.41) is 2.80. The zero-order valence-corrected chi connectivity index (χ0v) is 18.6. The van der Waals surface area contributed by atoms with E-state index in [1.807, 2.05) is 0 Å². The van der Waals surface area contributed by atoms with Crippen LogP contribution in [0, 0.1) is 5.82 Å². The molecular formula is C23H26FN7O2. The molecule has 0 atom stereocenters. The lowest BCUT2D eigenvalue weighted by atomic mass is 10.0. The van der Waals surface area contributed by atoms with Crippen molar-refractivity contribution in [2.45, 2.75) is 38.1 Å². The summed E-state index contributed by atoms with van der Waals surface area (Å²) in [5.74, 6) is 0.246. The Hall–Kier alpha value is -3.82. The number of fused-ring (bicyclic) bond motifs is 1. The fraction of sp³-hybridized carbons (Fsp3) is 0.348. The van der Waals surface area contributed by atoms with Crippen LogP contribution in [-0.4, -0.2) is 46.2 Å². The molecule has 0 aliphatic heterocycles. The quantitative estimate of drug-likeness (QED) is 0.473. The first-order valence-electron chi connectivity index (χ1n) is 10.8. The smallest absolute Gasteiger partial charge is 0.319 e. The Morgan fingerprint density at radius 1 is 1.30 bits per heavy atom. The van der Waals surface area contributed by atoms with Crippen LogP contribution in [0.3, 0.4) is 0 Å². The molecule has 4 N–H and O–H groups in total. The van der Waals surface area contributed by atoms with E-state index in [4.69, 9.17) is 10.5 Å². The van der Waals surface area contributed by atoms with Crippen molar-refractivity contribution in [3.63, 3.8) is 0 Å². The zero-order chi connectivity index (χ0) is 23.4. The molecule has 0 bridgehead atoms. The van der Waals surface area contributed by atoms with Crippen LogP contribution < -0.4 is 15.8 Å². The number of nitrogens with zero attached hydrogens (tertiary/aromatic N) is 4. The lowest BCUT2D eigenvalue weighted by Crippen LogP contribution is -2.24. The third-order valence-corrected chi connectivity index (χ3v) is 5.68. The minimum absolute atomic E-state index is 0.0572. The van der Waals surface area contributed by atoms with Crippen LogP contribution in [0.1, 0.15) is 59.0 Å². The molecule has 2 heterocycles. The molecule has 2 aromatic heterocycles. The molecule has 1 amide bonds. The van der Waals surface area contributed by atoms with Gasteiger partial charge >= 0.3 is 6.01 Å². The number of hydrogen-bond acceptors (Lipinski definition) is 7. The lowest BCUT2D eigenvalue weighted by molar-refractivity contribution is 0.0946. The van der Waals surface area contributed by atoms with Crippen molar-refractivity contribution in [3.05, 3.63) is 52.9 Å². The van der Waals surface area contributed by atoms with E-state index in [1.54, 1.807) is 19.3 Å². The molecular weight excluding hydrogens is 425 g/mol. The molecule has 33 heavy (non-hydrogen) atoms. The Morgan fingerprint density at radius 2 is 2.09 bits per heavy atom. The molecule has 0 unspecified atom stereocenters. The lowest BCUT2D eigenvalue weighted by Gasteiger charge is -2.09. The van der Waals surface area contributed by atoms with Gasteiger partial charge in [-0.05, 0) is 42.2 Å². The van der Waals surface area contributed by atoms with Crippen molar-refractivity contribution in [1.29, 1.82) is 0 Å². The molecule has 1 saturated carbocycles. The predicted molar refractivity (Wildman–Crippen MR) is 124 cm³/mol. The number of aliphatic imine (C=N–C) groups is 1. The average molecular weight is 452 g/mol. The van der Waals surface area contributed by atoms with Crippen molar-refractivity contribution in [3.8, 4) is 6.01 Å². The predicted octanol–water partition coefficient (Wildman–Crippen LogP) is 3.09. The van der Waals surface area contributed by atoms with Gasteiger partial charge in [0, 0.05) is 37.5 Å². The Labute approximate surface area is 190 Å². The fourth-order valence-electron chi connectivity index (χ4n) is 4.08. The molecule has 9 nitrogen and oxygen atoms in total. The standard InChI is InChI=1S/C23H26FN7O2/c1-26-12-16(10-25)15-7-13(8-17(24)9-15)11-27-22(32)19-18-21(31-23(29-19)33-2)30-20(28-18)14-5-3-4-6-14/h7-10,12,14H,3-6,11,25H2,1-2H3,(H,27,32)(H,28,29,30,31). The second-order valence-corrected chi connectivity index (χ2v) is 7.90. The fourth-order valence-corrected chi connectivity index (χ4v) is 4.08. The van der Waals surface area contributed by atoms with E-state index in [0.29, 0.717) is 33.8 Å². The van der Waals surface area contributed by atoms with Gasteiger partial charge in [-0.25, -0.2) is 9.37 Å². The summed E-state index contributed by atoms with van der Waals surface area (Å²) in [6, 6.07) is 4.52. The monoisotopic (exact) mass is 451 g/mol. The number of H-pyrrole nitrogens is 1. The number of carbonyl (C=O) groups is 1. The van der Waals surface area contributed by atoms with E-state index < -0.39 is 11.7 Å². The minimum atomic E-state index is -0.446. The maximum Gasteiger partial charge on any atom is 0.319 e. The summed E-state index contributed by atoms with van der Waals surface area (Å²) in [6.07, 6.45) is 7.32. The van der Waals surface area contributed by atoms with E-state index in [2.05, 4.69) is 30.2 Å². The summed E-state index contributed by atoms with van der Waals surface area (Å²) in [4.78, 5) is 33.3. The van der Waals surface area contributed by atoms with Crippen LogP contribution in [0.15, 0.2) is 29.4 Å². The van der Waals surface area contributed by atoms with Crippen LogP contribution in [0.25, 0.3) is 16.7 Å². The first kappa shape index (κ1) is 22.4. The third-order valence-electron chi connectivity index (χ3n) is 5.68. The molecule has 0 spiro atoms. The van der Waals surface area contributed by atoms with Gasteiger partial charge in [0.25, 0.3) is 5.91 Å². The maximum absolute atomic E-state index is 14.2. The van der Waals surface area contributed by atoms with E-state index in [9.17, 15) is 9.18 Å². The number of rotatable bonds is 7. The van der Waals surface area contributed by atoms with Gasteiger partial charge in [-0.3, -0.25) is 9.79 Å². The van der Waals surface area contributed by atoms with Crippen molar-refractivity contribution in [2.24, 2.45) is 10.7 Å². The van der Waals surface area contributed by atoms with Crippen molar-refractivity contribution in [2.75, 3.05) is 14.2 Å². The van der Waals surface area contributed by atoms with Gasteiger partial charge in [-0.2, -0.15) is 9.97 Å². The number of methoxy groups -OCH3 is 1. The molecule has 1 fully saturated rings. The zero-order valence-electron chi connectivity index (χ0n) is 18.6. The van der Waals surface area contributed by atoms with Gasteiger partial charge in [-0.15, -0.1) is 0 Å². The Kier molecular flexibility index (Phi) is 6.62. The molecule has 1 aliphatic carbocycles. The number of nitrogens with two attached hydrogens (primary N) is 1. The Balaban J connectivity index is 1.60. The number of allylic oxidation sites excluding steroid dienone is 1. The summed E-state index contributed by atoms with van der Waals surface area (Å²) < 4.78 is 19.4. The van der Waals surface area contributed by atoms with E-state index in [-0.39, 0.29) is 18.2 Å². The number of hydrogen-bond donors (Lipinski definition) is 3. The highest BCUT2D eigenvalue weighted by molar-refractivity contribution is 6.09. The number of ether oxygens (including phenoxy) is 1. The number of nitrogens with one attached hydrogen (secondary N) is 2. The average Bonchev–Trinajstić information content (AvgIpc) is 3.49. The van der Waals surface area contributed by atoms with E-state index in [1.165, 1.54) is 25.4 Å². The first-order valence-corrected chi connectivity index (χ1v) is 10.8. The maximum atomic E-state index is 14.2. The van der Waals surface area contributed by atoms with Gasteiger partial charge < -0.3 is 20.8 Å². The summed E-state index contributed by atoms with van der Waals surface area (Å²) in [6.45, 7) is 0.0855. The SMILES string of the molecule is CN=CC(=CN)c1cc(F)cc(CNC(=O)c2nc(OC)nc3nc(C4CCCC4)[nH]c23)c1. The molecule has 1 aliphatic rings. The van der Waals surface area contributed by atoms with Gasteiger partial charge in [0.2, 0.25) is 0 Å². The molecule has 3 aromatic rings. The van der Waals surface area contributed by atoms with Crippen molar-refractivity contribution < 1.29 is 13.9 Å². The Bertz CT molecular complexity index is 1230. The van der Waals surface area contributed by atoms with Gasteiger partial charge in [0.15, 0.2) is 11.3 Å². The summed E-state index contributed by atoms with van der Waals surface area (Å²) in [7, 11) is 3.04. The van der Waals surface area contributed by atoms with Gasteiger partial charge in [0.05, 0.1) is 7.11 Å². The topological polar surface area (TPSA) is 131 Å². The van der Waals surface area contributed by atoms with Crippen LogP contribution in [0.4, 0.5) is 4.39 Å². The summed E-state index contributed by atoms with van der Waals surface area (Å²) in [5.41, 5.74) is 8.32. The van der Waals surface area contributed by atoms with Crippen LogP contribution in [-0.2, 0) is 6.54 Å². The number of benzene rings is 1. The Morgan fingerprint density at radius 3 is 2.79 bits per heavy atom. The van der Waals surface area contributed by atoms with E-state index >= 15 is 0 Å². The molecule has 10 heteroatoms. The van der Waals surface area contributed by atoms with E-state index in [0.717, 1.165) is 31.5 Å². The highest BCUT2D eigenvalue weighted by Gasteiger charge is 2.24. The number of aromatic amines is 1. The molecule has 0 radical (unpaired) electrons. The number of amides is 1. The normalized spacial score (nSPS) is 14.9. The third kappa shape index (κ3) is 4.84. The van der Waals surface area contributed by atoms with Crippen molar-refractivity contribution in [1.82, 2.24) is 25.3 Å². The molecule has 0 saturated heterocycles. The second-order valence-electron chi connectivity index (χ2n) is 7.90. The van der Waals surface area contributed by atoms with Crippen molar-refractivity contribution >= 4 is 28.9 Å². The van der Waals surface area contributed by atoms with Gasteiger partial charge in [-0.1, -0.05) is 12.8 Å². The number of aromatic nitrogens is 4. The first-order chi connectivity index (χ1) is 16.0. The van der Waals surface area contributed by atoms with Crippen LogP contribution in [0.5, 0.6) is 6.01 Å². The molecule has 1 aromatic carbocycles. The number of carbonyl (C=O) groups excluding carboxylic acids is 1. The van der Waals surface area contributed by atoms with Gasteiger partial charge in [0.1, 0.15) is 17.2 Å². The number of halogens is 1. The highest BCUT2D eigenvalue weighted by Crippen LogP contribution is 2.33. The number of imidazole rings is 1. The second kappa shape index (κ2) is 9.76. The van der Waals surface area contributed by atoms with Crippen LogP contribution >= 0.6 is 0 Å². The largest absolute Gasteiger partial charge is 0.467 e. The summed E-state index contributed by atoms with van der Waals surface area (Å²) >= 11 is 0. The van der Waals surface area contributed by atoms with Crippen LogP contribution in [0.2, 0.25) is 0 Å². The molecule has 172 valence electrons. The minimum Gasteiger partial charge on any atom is -0.467 e.